The van der Waals surface area contributed by atoms with Gasteiger partial charge in [-0.1, -0.05) is 53.7 Å². The Kier molecular flexibility index (Phi) is 5.14. The number of rotatable bonds is 6. The number of fused-ring (bicyclic) bond motifs is 1. The summed E-state index contributed by atoms with van der Waals surface area (Å²) in [5, 5.41) is 7.11. The molecule has 0 radical (unpaired) electrons. The van der Waals surface area contributed by atoms with Crippen molar-refractivity contribution in [2.45, 2.75) is 31.7 Å². The van der Waals surface area contributed by atoms with Crippen LogP contribution in [0.3, 0.4) is 0 Å². The third kappa shape index (κ3) is 4.16. The van der Waals surface area contributed by atoms with E-state index in [1.165, 1.54) is 0 Å². The number of ether oxygens (including phenoxy) is 1. The minimum Gasteiger partial charge on any atom is -0.493 e. The van der Waals surface area contributed by atoms with Gasteiger partial charge in [0, 0.05) is 30.4 Å². The molecule has 1 N–H and O–H groups in total. The number of benzene rings is 2. The monoisotopic (exact) mass is 363 g/mol. The second kappa shape index (κ2) is 8.03. The van der Waals surface area contributed by atoms with Gasteiger partial charge in [0.25, 0.3) is 0 Å². The van der Waals surface area contributed by atoms with Crippen LogP contribution in [0.1, 0.15) is 36.8 Å². The molecule has 0 unspecified atom stereocenters. The van der Waals surface area contributed by atoms with Crippen LogP contribution in [0.5, 0.6) is 5.75 Å². The van der Waals surface area contributed by atoms with E-state index in [9.17, 15) is 4.79 Å². The standard InChI is InChI=1S/C21H21N3O3/c25-19(22-17-13-14-26-18-10-5-4-9-16(17)18)11-6-12-20-23-21(24-27-20)15-7-2-1-3-8-15/h1-5,7-10,17H,6,11-14H2,(H,22,25)/t17-/m1/s1. The van der Waals surface area contributed by atoms with Gasteiger partial charge in [0.15, 0.2) is 0 Å². The van der Waals surface area contributed by atoms with Crippen molar-refractivity contribution < 1.29 is 14.1 Å². The average molecular weight is 363 g/mol. The van der Waals surface area contributed by atoms with Gasteiger partial charge in [-0.2, -0.15) is 4.98 Å². The number of hydrogen-bond donors (Lipinski definition) is 1. The van der Waals surface area contributed by atoms with E-state index in [4.69, 9.17) is 9.26 Å². The Morgan fingerprint density at radius 2 is 1.93 bits per heavy atom. The smallest absolute Gasteiger partial charge is 0.226 e. The van der Waals surface area contributed by atoms with E-state index in [0.29, 0.717) is 37.6 Å². The Morgan fingerprint density at radius 1 is 1.11 bits per heavy atom. The first-order chi connectivity index (χ1) is 13.3. The summed E-state index contributed by atoms with van der Waals surface area (Å²) in [6.45, 7) is 0.617. The molecule has 1 aromatic heterocycles. The maximum atomic E-state index is 12.3. The van der Waals surface area contributed by atoms with Gasteiger partial charge in [0.05, 0.1) is 12.6 Å². The number of carbonyl (C=O) groups excluding carboxylic acids is 1. The predicted octanol–water partition coefficient (Wildman–Crippen LogP) is 3.70. The van der Waals surface area contributed by atoms with Crippen molar-refractivity contribution in [3.8, 4) is 17.1 Å². The van der Waals surface area contributed by atoms with Gasteiger partial charge >= 0.3 is 0 Å². The molecule has 1 atom stereocenters. The minimum absolute atomic E-state index is 0.00976. The van der Waals surface area contributed by atoms with Crippen LogP contribution in [-0.4, -0.2) is 22.7 Å². The highest BCUT2D eigenvalue weighted by atomic mass is 16.5. The molecule has 2 aromatic carbocycles. The van der Waals surface area contributed by atoms with E-state index >= 15 is 0 Å². The molecule has 0 fully saturated rings. The fraction of sp³-hybridized carbons (Fsp3) is 0.286. The normalized spacial score (nSPS) is 15.6. The lowest BCUT2D eigenvalue weighted by molar-refractivity contribution is -0.122. The van der Waals surface area contributed by atoms with Crippen LogP contribution in [0, 0.1) is 0 Å². The van der Waals surface area contributed by atoms with Crippen molar-refractivity contribution in [2.75, 3.05) is 6.61 Å². The van der Waals surface area contributed by atoms with E-state index < -0.39 is 0 Å². The van der Waals surface area contributed by atoms with Gasteiger partial charge in [-0.25, -0.2) is 0 Å². The van der Waals surface area contributed by atoms with Crippen LogP contribution < -0.4 is 10.1 Å². The van der Waals surface area contributed by atoms with Gasteiger partial charge in [-0.15, -0.1) is 0 Å². The molecule has 0 saturated carbocycles. The summed E-state index contributed by atoms with van der Waals surface area (Å²) in [5.74, 6) is 2.01. The van der Waals surface area contributed by atoms with Crippen molar-refractivity contribution in [3.63, 3.8) is 0 Å². The zero-order valence-electron chi connectivity index (χ0n) is 14.9. The molecular weight excluding hydrogens is 342 g/mol. The largest absolute Gasteiger partial charge is 0.493 e. The van der Waals surface area contributed by atoms with E-state index in [0.717, 1.165) is 23.3 Å². The lowest BCUT2D eigenvalue weighted by atomic mass is 10.0. The first kappa shape index (κ1) is 17.3. The van der Waals surface area contributed by atoms with Crippen LogP contribution in [0.25, 0.3) is 11.4 Å². The molecule has 4 rings (SSSR count). The summed E-state index contributed by atoms with van der Waals surface area (Å²) < 4.78 is 10.9. The van der Waals surface area contributed by atoms with E-state index in [-0.39, 0.29) is 11.9 Å². The quantitative estimate of drug-likeness (QED) is 0.722. The number of aromatic nitrogens is 2. The second-order valence-electron chi connectivity index (χ2n) is 6.53. The zero-order chi connectivity index (χ0) is 18.5. The van der Waals surface area contributed by atoms with Crippen molar-refractivity contribution in [2.24, 2.45) is 0 Å². The van der Waals surface area contributed by atoms with Crippen molar-refractivity contribution >= 4 is 5.91 Å². The fourth-order valence-electron chi connectivity index (χ4n) is 3.22. The molecule has 2 heterocycles. The highest BCUT2D eigenvalue weighted by molar-refractivity contribution is 5.76. The molecule has 1 amide bonds. The average Bonchev–Trinajstić information content (AvgIpc) is 3.18. The Labute approximate surface area is 157 Å². The molecule has 3 aromatic rings. The highest BCUT2D eigenvalue weighted by Gasteiger charge is 2.22. The van der Waals surface area contributed by atoms with E-state index in [2.05, 4.69) is 15.5 Å². The van der Waals surface area contributed by atoms with Crippen molar-refractivity contribution in [1.29, 1.82) is 0 Å². The Balaban J connectivity index is 1.28. The van der Waals surface area contributed by atoms with Crippen LogP contribution >= 0.6 is 0 Å². The molecule has 0 bridgehead atoms. The predicted molar refractivity (Wildman–Crippen MR) is 100 cm³/mol. The van der Waals surface area contributed by atoms with E-state index in [1.54, 1.807) is 0 Å². The van der Waals surface area contributed by atoms with Gasteiger partial charge in [-0.3, -0.25) is 4.79 Å². The Hall–Kier alpha value is -3.15. The summed E-state index contributed by atoms with van der Waals surface area (Å²) in [6.07, 6.45) is 2.44. The lowest BCUT2D eigenvalue weighted by Gasteiger charge is -2.26. The van der Waals surface area contributed by atoms with Crippen LogP contribution in [0.2, 0.25) is 0 Å². The van der Waals surface area contributed by atoms with Crippen LogP contribution in [-0.2, 0) is 11.2 Å². The molecular formula is C21H21N3O3. The molecule has 1 aliphatic rings. The number of nitrogens with zero attached hydrogens (tertiary/aromatic N) is 2. The van der Waals surface area contributed by atoms with Gasteiger partial charge in [-0.05, 0) is 12.5 Å². The highest BCUT2D eigenvalue weighted by Crippen LogP contribution is 2.31. The second-order valence-corrected chi connectivity index (χ2v) is 6.53. The number of nitrogens with one attached hydrogen (secondary N) is 1. The van der Waals surface area contributed by atoms with Gasteiger partial charge < -0.3 is 14.6 Å². The van der Waals surface area contributed by atoms with Crippen molar-refractivity contribution in [3.05, 3.63) is 66.1 Å². The zero-order valence-corrected chi connectivity index (χ0v) is 14.9. The fourth-order valence-corrected chi connectivity index (χ4v) is 3.22. The Morgan fingerprint density at radius 3 is 2.81 bits per heavy atom. The Bertz CT molecular complexity index is 908. The van der Waals surface area contributed by atoms with Crippen molar-refractivity contribution in [1.82, 2.24) is 15.5 Å². The molecule has 27 heavy (non-hydrogen) atoms. The maximum absolute atomic E-state index is 12.3. The molecule has 138 valence electrons. The number of para-hydroxylation sites is 1. The summed E-state index contributed by atoms with van der Waals surface area (Å²) in [7, 11) is 0. The number of amides is 1. The molecule has 6 heteroatoms. The molecule has 1 aliphatic heterocycles. The van der Waals surface area contributed by atoms with Crippen LogP contribution in [0.15, 0.2) is 59.1 Å². The summed E-state index contributed by atoms with van der Waals surface area (Å²) in [5.41, 5.74) is 1.96. The maximum Gasteiger partial charge on any atom is 0.226 e. The third-order valence-electron chi connectivity index (χ3n) is 4.59. The molecule has 6 nitrogen and oxygen atoms in total. The third-order valence-corrected chi connectivity index (χ3v) is 4.59. The SMILES string of the molecule is O=C(CCCc1nc(-c2ccccc2)no1)N[C@@H]1CCOc2ccccc21. The topological polar surface area (TPSA) is 77.2 Å². The van der Waals surface area contributed by atoms with E-state index in [1.807, 2.05) is 54.6 Å². The molecule has 0 aliphatic carbocycles. The molecule has 0 spiro atoms. The van der Waals surface area contributed by atoms with Gasteiger partial charge in [0.2, 0.25) is 17.6 Å². The van der Waals surface area contributed by atoms with Crippen LogP contribution in [0.4, 0.5) is 0 Å². The first-order valence-corrected chi connectivity index (χ1v) is 9.19. The summed E-state index contributed by atoms with van der Waals surface area (Å²) >= 11 is 0. The number of aryl methyl sites for hydroxylation is 1. The summed E-state index contributed by atoms with van der Waals surface area (Å²) in [6, 6.07) is 17.5. The minimum atomic E-state index is 0.00976. The first-order valence-electron chi connectivity index (χ1n) is 9.19. The number of hydrogen-bond acceptors (Lipinski definition) is 5. The molecule has 0 saturated heterocycles. The lowest BCUT2D eigenvalue weighted by Crippen LogP contribution is -2.32. The number of carbonyl (C=O) groups is 1. The van der Waals surface area contributed by atoms with Gasteiger partial charge in [0.1, 0.15) is 5.75 Å². The summed E-state index contributed by atoms with van der Waals surface area (Å²) in [4.78, 5) is 16.7.